The van der Waals surface area contributed by atoms with E-state index in [4.69, 9.17) is 0 Å². The molecule has 0 aliphatic carbocycles. The number of benzene rings is 4. The van der Waals surface area contributed by atoms with Gasteiger partial charge in [-0.05, 0) is 33.2 Å². The standard InChI is InChI=1S/C23H18N2O2/c26-22-13-12-17-7-2-4-11-20(17)21(22)15-24-25-23(27)14-18-9-5-8-16-6-1-3-10-19(16)18/h1-13,15,26H,14H2,(H,25,27). The van der Waals surface area contributed by atoms with Crippen LogP contribution in [0.25, 0.3) is 21.5 Å². The van der Waals surface area contributed by atoms with E-state index < -0.39 is 0 Å². The van der Waals surface area contributed by atoms with E-state index in [0.717, 1.165) is 27.1 Å². The maximum absolute atomic E-state index is 12.3. The Morgan fingerprint density at radius 3 is 2.33 bits per heavy atom. The van der Waals surface area contributed by atoms with Crippen LogP contribution in [0.15, 0.2) is 84.0 Å². The number of nitrogens with zero attached hydrogens (tertiary/aromatic N) is 1. The van der Waals surface area contributed by atoms with Crippen LogP contribution in [-0.2, 0) is 11.2 Å². The lowest BCUT2D eigenvalue weighted by molar-refractivity contribution is -0.120. The van der Waals surface area contributed by atoms with E-state index >= 15 is 0 Å². The van der Waals surface area contributed by atoms with Gasteiger partial charge >= 0.3 is 0 Å². The second-order valence-electron chi connectivity index (χ2n) is 6.33. The molecule has 0 heterocycles. The molecule has 0 fully saturated rings. The first-order chi connectivity index (χ1) is 13.2. The summed E-state index contributed by atoms with van der Waals surface area (Å²) in [7, 11) is 0. The van der Waals surface area contributed by atoms with Gasteiger partial charge in [0, 0.05) is 5.56 Å². The highest BCUT2D eigenvalue weighted by Crippen LogP contribution is 2.25. The highest BCUT2D eigenvalue weighted by molar-refractivity contribution is 6.02. The molecule has 132 valence electrons. The molecule has 0 spiro atoms. The second kappa shape index (κ2) is 7.30. The van der Waals surface area contributed by atoms with Crippen molar-refractivity contribution in [2.24, 2.45) is 5.10 Å². The number of carbonyl (C=O) groups is 1. The number of rotatable bonds is 4. The topological polar surface area (TPSA) is 61.7 Å². The molecule has 0 atom stereocenters. The van der Waals surface area contributed by atoms with Crippen molar-refractivity contribution in [3.8, 4) is 5.75 Å². The van der Waals surface area contributed by atoms with E-state index in [1.54, 1.807) is 6.07 Å². The molecule has 4 aromatic carbocycles. The van der Waals surface area contributed by atoms with Gasteiger partial charge in [-0.25, -0.2) is 5.43 Å². The van der Waals surface area contributed by atoms with Crippen LogP contribution in [0.5, 0.6) is 5.75 Å². The zero-order valence-electron chi connectivity index (χ0n) is 14.6. The third-order valence-corrected chi connectivity index (χ3v) is 4.56. The molecule has 0 aliphatic rings. The number of phenolic OH excluding ortho intramolecular Hbond substituents is 1. The molecule has 27 heavy (non-hydrogen) atoms. The summed E-state index contributed by atoms with van der Waals surface area (Å²) in [4.78, 5) is 12.3. The molecule has 0 aliphatic heterocycles. The Labute approximate surface area is 156 Å². The van der Waals surface area contributed by atoms with Crippen molar-refractivity contribution in [2.75, 3.05) is 0 Å². The van der Waals surface area contributed by atoms with Crippen LogP contribution in [0.1, 0.15) is 11.1 Å². The van der Waals surface area contributed by atoms with Crippen molar-refractivity contribution in [1.29, 1.82) is 0 Å². The van der Waals surface area contributed by atoms with Gasteiger partial charge in [-0.2, -0.15) is 5.10 Å². The first kappa shape index (κ1) is 16.8. The molecule has 4 heteroatoms. The van der Waals surface area contributed by atoms with Crippen LogP contribution in [0.3, 0.4) is 0 Å². The summed E-state index contributed by atoms with van der Waals surface area (Å²) in [6.07, 6.45) is 1.72. The number of carbonyl (C=O) groups excluding carboxylic acids is 1. The molecule has 2 N–H and O–H groups in total. The summed E-state index contributed by atoms with van der Waals surface area (Å²) in [6.45, 7) is 0. The lowest BCUT2D eigenvalue weighted by Gasteiger charge is -2.06. The SMILES string of the molecule is O=C(Cc1cccc2ccccc12)NN=Cc1c(O)ccc2ccccc12. The van der Waals surface area contributed by atoms with Crippen molar-refractivity contribution >= 4 is 33.7 Å². The van der Waals surface area contributed by atoms with E-state index in [1.807, 2.05) is 72.8 Å². The predicted molar refractivity (Wildman–Crippen MR) is 109 cm³/mol. The third-order valence-electron chi connectivity index (χ3n) is 4.56. The summed E-state index contributed by atoms with van der Waals surface area (Å²) in [5.74, 6) is -0.0805. The predicted octanol–water partition coefficient (Wildman–Crippen LogP) is 4.39. The van der Waals surface area contributed by atoms with Gasteiger partial charge in [0.25, 0.3) is 0 Å². The van der Waals surface area contributed by atoms with Crippen molar-refractivity contribution in [1.82, 2.24) is 5.43 Å². The molecule has 0 unspecified atom stereocenters. The molecule has 0 radical (unpaired) electrons. The van der Waals surface area contributed by atoms with Crippen LogP contribution in [-0.4, -0.2) is 17.2 Å². The first-order valence-electron chi connectivity index (χ1n) is 8.71. The minimum atomic E-state index is -0.206. The van der Waals surface area contributed by atoms with Gasteiger partial charge in [0.2, 0.25) is 5.91 Å². The van der Waals surface area contributed by atoms with Crippen LogP contribution < -0.4 is 5.43 Å². The zero-order chi connectivity index (χ0) is 18.6. The smallest absolute Gasteiger partial charge is 0.244 e. The Bertz CT molecular complexity index is 1160. The summed E-state index contributed by atoms with van der Waals surface area (Å²) in [5.41, 5.74) is 4.09. The summed E-state index contributed by atoms with van der Waals surface area (Å²) >= 11 is 0. The Hall–Kier alpha value is -3.66. The lowest BCUT2D eigenvalue weighted by Crippen LogP contribution is -2.19. The highest BCUT2D eigenvalue weighted by Gasteiger charge is 2.07. The Morgan fingerprint density at radius 2 is 1.52 bits per heavy atom. The highest BCUT2D eigenvalue weighted by atomic mass is 16.3. The van der Waals surface area contributed by atoms with Crippen molar-refractivity contribution in [3.05, 3.63) is 90.0 Å². The van der Waals surface area contributed by atoms with Crippen LogP contribution in [0.2, 0.25) is 0 Å². The third kappa shape index (κ3) is 3.51. The van der Waals surface area contributed by atoms with E-state index in [9.17, 15) is 9.90 Å². The van der Waals surface area contributed by atoms with Crippen molar-refractivity contribution in [2.45, 2.75) is 6.42 Å². The number of hydrazone groups is 1. The quantitative estimate of drug-likeness (QED) is 0.422. The van der Waals surface area contributed by atoms with Gasteiger partial charge < -0.3 is 5.11 Å². The van der Waals surface area contributed by atoms with E-state index in [0.29, 0.717) is 5.56 Å². The van der Waals surface area contributed by atoms with Gasteiger partial charge in [0.05, 0.1) is 12.6 Å². The number of amides is 1. The minimum absolute atomic E-state index is 0.126. The average molecular weight is 354 g/mol. The monoisotopic (exact) mass is 354 g/mol. The van der Waals surface area contributed by atoms with E-state index in [-0.39, 0.29) is 18.1 Å². The van der Waals surface area contributed by atoms with E-state index in [2.05, 4.69) is 10.5 Å². The molecule has 0 aromatic heterocycles. The summed E-state index contributed by atoms with van der Waals surface area (Å²) in [6, 6.07) is 25.1. The maximum Gasteiger partial charge on any atom is 0.244 e. The Morgan fingerprint density at radius 1 is 0.852 bits per heavy atom. The molecule has 0 saturated heterocycles. The second-order valence-corrected chi connectivity index (χ2v) is 6.33. The van der Waals surface area contributed by atoms with Crippen molar-refractivity contribution in [3.63, 3.8) is 0 Å². The number of phenols is 1. The number of hydrogen-bond acceptors (Lipinski definition) is 3. The summed E-state index contributed by atoms with van der Waals surface area (Å²) in [5, 5.41) is 18.2. The fourth-order valence-corrected chi connectivity index (χ4v) is 3.25. The zero-order valence-corrected chi connectivity index (χ0v) is 14.6. The summed E-state index contributed by atoms with van der Waals surface area (Å²) < 4.78 is 0. The van der Waals surface area contributed by atoms with Crippen LogP contribution in [0.4, 0.5) is 0 Å². The number of aromatic hydroxyl groups is 1. The fraction of sp³-hybridized carbons (Fsp3) is 0.0435. The molecular weight excluding hydrogens is 336 g/mol. The largest absolute Gasteiger partial charge is 0.507 e. The van der Waals surface area contributed by atoms with E-state index in [1.165, 1.54) is 6.21 Å². The molecule has 4 rings (SSSR count). The van der Waals surface area contributed by atoms with Crippen LogP contribution >= 0.6 is 0 Å². The normalized spacial score (nSPS) is 11.3. The molecule has 0 saturated carbocycles. The molecule has 0 bridgehead atoms. The maximum atomic E-state index is 12.3. The van der Waals surface area contributed by atoms with Crippen LogP contribution in [0, 0.1) is 0 Å². The Balaban J connectivity index is 1.52. The molecular formula is C23H18N2O2. The average Bonchev–Trinajstić information content (AvgIpc) is 2.70. The van der Waals surface area contributed by atoms with Gasteiger partial charge in [-0.1, -0.05) is 72.8 Å². The number of nitrogens with one attached hydrogen (secondary N) is 1. The minimum Gasteiger partial charge on any atom is -0.507 e. The van der Waals surface area contributed by atoms with Gasteiger partial charge in [-0.15, -0.1) is 0 Å². The lowest BCUT2D eigenvalue weighted by atomic mass is 10.0. The molecule has 4 nitrogen and oxygen atoms in total. The number of fused-ring (bicyclic) bond motifs is 2. The number of hydrogen-bond donors (Lipinski definition) is 2. The van der Waals surface area contributed by atoms with Gasteiger partial charge in [0.1, 0.15) is 5.75 Å². The Kier molecular flexibility index (Phi) is 4.54. The first-order valence-corrected chi connectivity index (χ1v) is 8.71. The van der Waals surface area contributed by atoms with Crippen molar-refractivity contribution < 1.29 is 9.90 Å². The van der Waals surface area contributed by atoms with Gasteiger partial charge in [-0.3, -0.25) is 4.79 Å². The fourth-order valence-electron chi connectivity index (χ4n) is 3.25. The van der Waals surface area contributed by atoms with Gasteiger partial charge in [0.15, 0.2) is 0 Å². The molecule has 4 aromatic rings. The molecule has 1 amide bonds.